The van der Waals surface area contributed by atoms with E-state index in [-0.39, 0.29) is 11.9 Å². The van der Waals surface area contributed by atoms with E-state index in [1.807, 2.05) is 11.8 Å². The van der Waals surface area contributed by atoms with E-state index in [1.54, 1.807) is 12.1 Å². The minimum Gasteiger partial charge on any atom is -0.271 e. The van der Waals surface area contributed by atoms with E-state index in [0.29, 0.717) is 9.72 Å². The minimum atomic E-state index is -0.234. The van der Waals surface area contributed by atoms with Crippen LogP contribution in [-0.2, 0) is 6.42 Å². The Morgan fingerprint density at radius 2 is 2.18 bits per heavy atom. The second-order valence-electron chi connectivity index (χ2n) is 4.20. The molecule has 2 nitrogen and oxygen atoms in total. The molecule has 0 amide bonds. The van der Waals surface area contributed by atoms with Crippen molar-refractivity contribution in [3.05, 3.63) is 34.1 Å². The van der Waals surface area contributed by atoms with Crippen molar-refractivity contribution < 1.29 is 4.39 Å². The SMILES string of the molecule is CC(C)SCC(Cc1ccc(F)c(Br)c1)NN. The van der Waals surface area contributed by atoms with E-state index in [2.05, 4.69) is 35.2 Å². The first kappa shape index (κ1) is 15.0. The zero-order valence-corrected chi connectivity index (χ0v) is 12.4. The molecule has 0 spiro atoms. The summed E-state index contributed by atoms with van der Waals surface area (Å²) < 4.78 is 13.6. The van der Waals surface area contributed by atoms with Crippen molar-refractivity contribution >= 4 is 27.7 Å². The Balaban J connectivity index is 2.57. The van der Waals surface area contributed by atoms with Crippen LogP contribution < -0.4 is 11.3 Å². The number of hydrogen-bond donors (Lipinski definition) is 2. The molecule has 0 aliphatic heterocycles. The summed E-state index contributed by atoms with van der Waals surface area (Å²) in [5.74, 6) is 6.24. The number of nitrogens with two attached hydrogens (primary N) is 1. The van der Waals surface area contributed by atoms with Crippen LogP contribution in [-0.4, -0.2) is 17.0 Å². The first-order valence-corrected chi connectivity index (χ1v) is 7.38. The molecule has 0 bridgehead atoms. The molecule has 1 aromatic rings. The van der Waals surface area contributed by atoms with E-state index in [4.69, 9.17) is 5.84 Å². The van der Waals surface area contributed by atoms with Crippen LogP contribution in [0, 0.1) is 5.82 Å². The van der Waals surface area contributed by atoms with Crippen molar-refractivity contribution in [2.24, 2.45) is 5.84 Å². The van der Waals surface area contributed by atoms with Crippen molar-refractivity contribution in [3.8, 4) is 0 Å². The summed E-state index contributed by atoms with van der Waals surface area (Å²) in [6.07, 6.45) is 0.801. The van der Waals surface area contributed by atoms with Crippen LogP contribution in [0.5, 0.6) is 0 Å². The number of benzene rings is 1. The molecule has 96 valence electrons. The molecule has 0 radical (unpaired) electrons. The molecule has 1 atom stereocenters. The fraction of sp³-hybridized carbons (Fsp3) is 0.500. The van der Waals surface area contributed by atoms with Crippen molar-refractivity contribution in [1.82, 2.24) is 5.43 Å². The summed E-state index contributed by atoms with van der Waals surface area (Å²) in [6, 6.07) is 5.28. The summed E-state index contributed by atoms with van der Waals surface area (Å²) in [5.41, 5.74) is 3.88. The van der Waals surface area contributed by atoms with Crippen LogP contribution in [0.2, 0.25) is 0 Å². The number of rotatable bonds is 6. The molecule has 1 unspecified atom stereocenters. The van der Waals surface area contributed by atoms with Gasteiger partial charge in [-0.25, -0.2) is 4.39 Å². The molecular formula is C12H18BrFN2S. The Morgan fingerprint density at radius 1 is 1.47 bits per heavy atom. The van der Waals surface area contributed by atoms with E-state index in [1.165, 1.54) is 6.07 Å². The predicted molar refractivity (Wildman–Crippen MR) is 76.5 cm³/mol. The molecular weight excluding hydrogens is 303 g/mol. The fourth-order valence-electron chi connectivity index (χ4n) is 1.43. The van der Waals surface area contributed by atoms with Gasteiger partial charge in [-0.05, 0) is 45.3 Å². The number of halogens is 2. The third-order valence-corrected chi connectivity index (χ3v) is 4.20. The maximum Gasteiger partial charge on any atom is 0.137 e. The third kappa shape index (κ3) is 5.38. The average molecular weight is 321 g/mol. The van der Waals surface area contributed by atoms with Crippen LogP contribution in [0.15, 0.2) is 22.7 Å². The van der Waals surface area contributed by atoms with Crippen LogP contribution in [0.3, 0.4) is 0 Å². The van der Waals surface area contributed by atoms with Gasteiger partial charge in [-0.15, -0.1) is 0 Å². The normalized spacial score (nSPS) is 13.1. The van der Waals surface area contributed by atoms with Gasteiger partial charge in [-0.1, -0.05) is 19.9 Å². The lowest BCUT2D eigenvalue weighted by Gasteiger charge is -2.17. The maximum absolute atomic E-state index is 13.1. The smallest absolute Gasteiger partial charge is 0.137 e. The highest BCUT2D eigenvalue weighted by Crippen LogP contribution is 2.19. The summed E-state index contributed by atoms with van der Waals surface area (Å²) in [6.45, 7) is 4.32. The molecule has 0 fully saturated rings. The zero-order chi connectivity index (χ0) is 12.8. The van der Waals surface area contributed by atoms with Crippen LogP contribution in [0.1, 0.15) is 19.4 Å². The van der Waals surface area contributed by atoms with Gasteiger partial charge < -0.3 is 0 Å². The van der Waals surface area contributed by atoms with Gasteiger partial charge in [-0.2, -0.15) is 11.8 Å². The van der Waals surface area contributed by atoms with Crippen molar-refractivity contribution in [3.63, 3.8) is 0 Å². The first-order chi connectivity index (χ1) is 8.02. The number of nitrogens with one attached hydrogen (secondary N) is 1. The number of hydrogen-bond acceptors (Lipinski definition) is 3. The Hall–Kier alpha value is -0.100. The topological polar surface area (TPSA) is 38.0 Å². The van der Waals surface area contributed by atoms with Crippen LogP contribution in [0.25, 0.3) is 0 Å². The molecule has 0 aliphatic rings. The van der Waals surface area contributed by atoms with E-state index >= 15 is 0 Å². The third-order valence-electron chi connectivity index (χ3n) is 2.33. The van der Waals surface area contributed by atoms with Gasteiger partial charge >= 0.3 is 0 Å². The van der Waals surface area contributed by atoms with E-state index in [0.717, 1.165) is 17.7 Å². The van der Waals surface area contributed by atoms with Gasteiger partial charge in [0.2, 0.25) is 0 Å². The molecule has 0 heterocycles. The molecule has 5 heteroatoms. The molecule has 0 aliphatic carbocycles. The Morgan fingerprint density at radius 3 is 2.71 bits per heavy atom. The molecule has 17 heavy (non-hydrogen) atoms. The number of thioether (sulfide) groups is 1. The van der Waals surface area contributed by atoms with Gasteiger partial charge in [-0.3, -0.25) is 11.3 Å². The minimum absolute atomic E-state index is 0.208. The summed E-state index contributed by atoms with van der Waals surface area (Å²) in [7, 11) is 0. The average Bonchev–Trinajstić information content (AvgIpc) is 2.28. The Bertz CT molecular complexity index is 360. The van der Waals surface area contributed by atoms with E-state index < -0.39 is 0 Å². The fourth-order valence-corrected chi connectivity index (χ4v) is 2.68. The largest absolute Gasteiger partial charge is 0.271 e. The van der Waals surface area contributed by atoms with Crippen molar-refractivity contribution in [2.45, 2.75) is 31.6 Å². The van der Waals surface area contributed by atoms with Crippen molar-refractivity contribution in [1.29, 1.82) is 0 Å². The molecule has 0 saturated heterocycles. The molecule has 3 N–H and O–H groups in total. The van der Waals surface area contributed by atoms with Crippen LogP contribution in [0.4, 0.5) is 4.39 Å². The van der Waals surface area contributed by atoms with Gasteiger partial charge in [0.15, 0.2) is 0 Å². The van der Waals surface area contributed by atoms with Gasteiger partial charge in [0.05, 0.1) is 4.47 Å². The summed E-state index contributed by atoms with van der Waals surface area (Å²) in [4.78, 5) is 0. The highest BCUT2D eigenvalue weighted by Gasteiger charge is 2.10. The highest BCUT2D eigenvalue weighted by molar-refractivity contribution is 9.10. The summed E-state index contributed by atoms with van der Waals surface area (Å²) >= 11 is 5.05. The Labute approximate surface area is 115 Å². The standard InChI is InChI=1S/C12H18BrFN2S/c1-8(2)17-7-10(16-15)5-9-3-4-12(14)11(13)6-9/h3-4,6,8,10,16H,5,7,15H2,1-2H3. The van der Waals surface area contributed by atoms with E-state index in [9.17, 15) is 4.39 Å². The molecule has 1 aromatic carbocycles. The predicted octanol–water partition coefficient (Wildman–Crippen LogP) is 3.10. The van der Waals surface area contributed by atoms with Gasteiger partial charge in [0, 0.05) is 11.8 Å². The molecule has 1 rings (SSSR count). The summed E-state index contributed by atoms with van der Waals surface area (Å²) in [5, 5.41) is 0.589. The first-order valence-electron chi connectivity index (χ1n) is 5.54. The quantitative estimate of drug-likeness (QED) is 0.625. The number of hydrazine groups is 1. The lowest BCUT2D eigenvalue weighted by atomic mass is 10.1. The highest BCUT2D eigenvalue weighted by atomic mass is 79.9. The van der Waals surface area contributed by atoms with Crippen molar-refractivity contribution in [2.75, 3.05) is 5.75 Å². The second-order valence-corrected chi connectivity index (χ2v) is 6.66. The monoisotopic (exact) mass is 320 g/mol. The second kappa shape index (κ2) is 7.36. The molecule has 0 aromatic heterocycles. The zero-order valence-electron chi connectivity index (χ0n) is 10.0. The van der Waals surface area contributed by atoms with Gasteiger partial charge in [0.25, 0.3) is 0 Å². The lowest BCUT2D eigenvalue weighted by Crippen LogP contribution is -2.39. The van der Waals surface area contributed by atoms with Gasteiger partial charge in [0.1, 0.15) is 5.82 Å². The van der Waals surface area contributed by atoms with Crippen LogP contribution >= 0.6 is 27.7 Å². The molecule has 0 saturated carbocycles. The lowest BCUT2D eigenvalue weighted by molar-refractivity contribution is 0.572. The maximum atomic E-state index is 13.1. The Kier molecular flexibility index (Phi) is 6.48.